The maximum absolute atomic E-state index is 10.8. The standard InChI is InChI=1S/C15H26O4/c1-2-3-4-5-12(16)8-6-11-7-9-14(17)13(11)10-15(18)19/h6,8,11-14,16-17H,2-5,7,9-10H2,1H3,(H,18,19)/b8-6+. The van der Waals surface area contributed by atoms with Crippen LogP contribution in [0.15, 0.2) is 12.2 Å². The number of aliphatic hydroxyl groups excluding tert-OH is 2. The molecule has 1 saturated carbocycles. The second kappa shape index (κ2) is 8.33. The molecule has 0 aliphatic heterocycles. The second-order valence-corrected chi connectivity index (χ2v) is 5.52. The van der Waals surface area contributed by atoms with Gasteiger partial charge in [0.15, 0.2) is 0 Å². The first-order valence-electron chi connectivity index (χ1n) is 7.30. The molecule has 0 aromatic heterocycles. The highest BCUT2D eigenvalue weighted by Crippen LogP contribution is 2.35. The van der Waals surface area contributed by atoms with Gasteiger partial charge in [-0.15, -0.1) is 0 Å². The maximum atomic E-state index is 10.8. The van der Waals surface area contributed by atoms with Gasteiger partial charge in [0, 0.05) is 5.92 Å². The molecule has 4 unspecified atom stereocenters. The van der Waals surface area contributed by atoms with Gasteiger partial charge in [-0.1, -0.05) is 38.3 Å². The minimum Gasteiger partial charge on any atom is -0.481 e. The van der Waals surface area contributed by atoms with Crippen LogP contribution in [0, 0.1) is 11.8 Å². The Morgan fingerprint density at radius 1 is 1.37 bits per heavy atom. The number of carbonyl (C=O) groups is 1. The number of unbranched alkanes of at least 4 members (excludes halogenated alkanes) is 2. The first kappa shape index (κ1) is 16.2. The Morgan fingerprint density at radius 2 is 2.11 bits per heavy atom. The molecule has 4 heteroatoms. The average molecular weight is 270 g/mol. The van der Waals surface area contributed by atoms with Crippen molar-refractivity contribution < 1.29 is 20.1 Å². The number of aliphatic hydroxyl groups is 2. The number of aliphatic carboxylic acids is 1. The zero-order valence-corrected chi connectivity index (χ0v) is 11.7. The third kappa shape index (κ3) is 5.74. The van der Waals surface area contributed by atoms with E-state index in [9.17, 15) is 15.0 Å². The van der Waals surface area contributed by atoms with Gasteiger partial charge in [0.2, 0.25) is 0 Å². The van der Waals surface area contributed by atoms with E-state index < -0.39 is 18.2 Å². The number of allylic oxidation sites excluding steroid dienone is 1. The van der Waals surface area contributed by atoms with Crippen LogP contribution in [0.5, 0.6) is 0 Å². The lowest BCUT2D eigenvalue weighted by Crippen LogP contribution is -2.21. The third-order valence-electron chi connectivity index (χ3n) is 3.93. The van der Waals surface area contributed by atoms with Crippen LogP contribution in [0.3, 0.4) is 0 Å². The van der Waals surface area contributed by atoms with Crippen molar-refractivity contribution in [2.45, 2.75) is 64.1 Å². The van der Waals surface area contributed by atoms with Crippen molar-refractivity contribution >= 4 is 5.97 Å². The van der Waals surface area contributed by atoms with Gasteiger partial charge >= 0.3 is 5.97 Å². The lowest BCUT2D eigenvalue weighted by Gasteiger charge is -2.17. The predicted molar refractivity (Wildman–Crippen MR) is 73.8 cm³/mol. The van der Waals surface area contributed by atoms with Gasteiger partial charge < -0.3 is 15.3 Å². The minimum absolute atomic E-state index is 0.00209. The number of carboxylic acids is 1. The second-order valence-electron chi connectivity index (χ2n) is 5.52. The van der Waals surface area contributed by atoms with Crippen molar-refractivity contribution in [1.29, 1.82) is 0 Å². The van der Waals surface area contributed by atoms with Gasteiger partial charge in [-0.2, -0.15) is 0 Å². The van der Waals surface area contributed by atoms with E-state index in [1.807, 2.05) is 6.08 Å². The van der Waals surface area contributed by atoms with Crippen LogP contribution < -0.4 is 0 Å². The number of carboxylic acid groups (broad SMARTS) is 1. The van der Waals surface area contributed by atoms with E-state index in [2.05, 4.69) is 6.92 Å². The highest BCUT2D eigenvalue weighted by Gasteiger charge is 2.34. The molecule has 1 aliphatic rings. The van der Waals surface area contributed by atoms with E-state index in [0.717, 1.165) is 32.1 Å². The number of rotatable bonds is 8. The van der Waals surface area contributed by atoms with Crippen LogP contribution in [0.1, 0.15) is 51.9 Å². The molecule has 0 spiro atoms. The fourth-order valence-corrected chi connectivity index (χ4v) is 2.78. The summed E-state index contributed by atoms with van der Waals surface area (Å²) in [6.45, 7) is 2.12. The molecule has 1 aliphatic carbocycles. The fraction of sp³-hybridized carbons (Fsp3) is 0.800. The Hall–Kier alpha value is -0.870. The molecule has 4 nitrogen and oxygen atoms in total. The van der Waals surface area contributed by atoms with E-state index in [1.54, 1.807) is 6.08 Å². The first-order chi connectivity index (χ1) is 9.04. The fourth-order valence-electron chi connectivity index (χ4n) is 2.78. The third-order valence-corrected chi connectivity index (χ3v) is 3.93. The normalized spacial score (nSPS) is 28.9. The first-order valence-corrected chi connectivity index (χ1v) is 7.30. The van der Waals surface area contributed by atoms with Crippen molar-refractivity contribution in [2.24, 2.45) is 11.8 Å². The summed E-state index contributed by atoms with van der Waals surface area (Å²) < 4.78 is 0. The molecule has 1 fully saturated rings. The van der Waals surface area contributed by atoms with Crippen LogP contribution in [0.25, 0.3) is 0 Å². The quantitative estimate of drug-likeness (QED) is 0.467. The summed E-state index contributed by atoms with van der Waals surface area (Å²) in [5, 5.41) is 28.4. The lowest BCUT2D eigenvalue weighted by molar-refractivity contribution is -0.139. The highest BCUT2D eigenvalue weighted by molar-refractivity contribution is 5.67. The average Bonchev–Trinajstić information content (AvgIpc) is 2.68. The molecule has 3 N–H and O–H groups in total. The van der Waals surface area contributed by atoms with Crippen molar-refractivity contribution in [3.05, 3.63) is 12.2 Å². The SMILES string of the molecule is CCCCCC(O)/C=C/C1CCC(O)C1CC(=O)O. The van der Waals surface area contributed by atoms with Crippen LogP contribution in [-0.4, -0.2) is 33.5 Å². The summed E-state index contributed by atoms with van der Waals surface area (Å²) in [5.74, 6) is -1.00. The van der Waals surface area contributed by atoms with E-state index in [1.165, 1.54) is 0 Å². The molecule has 0 aromatic rings. The summed E-state index contributed by atoms with van der Waals surface area (Å²) in [6, 6.07) is 0. The zero-order chi connectivity index (χ0) is 14.3. The summed E-state index contributed by atoms with van der Waals surface area (Å²) >= 11 is 0. The van der Waals surface area contributed by atoms with Gasteiger partial charge in [0.05, 0.1) is 18.6 Å². The predicted octanol–water partition coefficient (Wildman–Crippen LogP) is 2.35. The van der Waals surface area contributed by atoms with Crippen LogP contribution in [-0.2, 0) is 4.79 Å². The van der Waals surface area contributed by atoms with E-state index in [0.29, 0.717) is 6.42 Å². The Labute approximate surface area is 115 Å². The van der Waals surface area contributed by atoms with Gasteiger partial charge in [-0.25, -0.2) is 0 Å². The zero-order valence-electron chi connectivity index (χ0n) is 11.7. The lowest BCUT2D eigenvalue weighted by atomic mass is 9.91. The van der Waals surface area contributed by atoms with Crippen LogP contribution in [0.4, 0.5) is 0 Å². The van der Waals surface area contributed by atoms with Gasteiger partial charge in [-0.3, -0.25) is 4.79 Å². The molecule has 0 saturated heterocycles. The van der Waals surface area contributed by atoms with Gasteiger partial charge in [0.1, 0.15) is 0 Å². The van der Waals surface area contributed by atoms with E-state index in [4.69, 9.17) is 5.11 Å². The molecule has 4 atom stereocenters. The summed E-state index contributed by atoms with van der Waals surface area (Å²) in [7, 11) is 0. The summed E-state index contributed by atoms with van der Waals surface area (Å²) in [6.07, 6.45) is 8.17. The molecule has 0 bridgehead atoms. The molecule has 0 amide bonds. The van der Waals surface area contributed by atoms with Gasteiger partial charge in [-0.05, 0) is 25.2 Å². The van der Waals surface area contributed by atoms with Crippen LogP contribution >= 0.6 is 0 Å². The Morgan fingerprint density at radius 3 is 2.74 bits per heavy atom. The molecule has 0 radical (unpaired) electrons. The minimum atomic E-state index is -0.868. The number of hydrogen-bond donors (Lipinski definition) is 3. The molecular weight excluding hydrogens is 244 g/mol. The van der Waals surface area contributed by atoms with Crippen molar-refractivity contribution in [1.82, 2.24) is 0 Å². The highest BCUT2D eigenvalue weighted by atomic mass is 16.4. The molecular formula is C15H26O4. The molecule has 110 valence electrons. The smallest absolute Gasteiger partial charge is 0.303 e. The topological polar surface area (TPSA) is 77.8 Å². The number of hydrogen-bond acceptors (Lipinski definition) is 3. The maximum Gasteiger partial charge on any atom is 0.303 e. The summed E-state index contributed by atoms with van der Waals surface area (Å²) in [4.78, 5) is 10.8. The Kier molecular flexibility index (Phi) is 7.10. The Balaban J connectivity index is 2.43. The van der Waals surface area contributed by atoms with Crippen molar-refractivity contribution in [2.75, 3.05) is 0 Å². The molecule has 0 heterocycles. The van der Waals surface area contributed by atoms with Crippen molar-refractivity contribution in [3.63, 3.8) is 0 Å². The molecule has 19 heavy (non-hydrogen) atoms. The van der Waals surface area contributed by atoms with Crippen LogP contribution in [0.2, 0.25) is 0 Å². The molecule has 0 aromatic carbocycles. The van der Waals surface area contributed by atoms with E-state index in [-0.39, 0.29) is 18.3 Å². The Bertz CT molecular complexity index is 301. The van der Waals surface area contributed by atoms with Crippen molar-refractivity contribution in [3.8, 4) is 0 Å². The summed E-state index contributed by atoms with van der Waals surface area (Å²) in [5.41, 5.74) is 0. The monoisotopic (exact) mass is 270 g/mol. The van der Waals surface area contributed by atoms with E-state index >= 15 is 0 Å². The molecule has 1 rings (SSSR count). The largest absolute Gasteiger partial charge is 0.481 e. The van der Waals surface area contributed by atoms with Gasteiger partial charge in [0.25, 0.3) is 0 Å².